The van der Waals surface area contributed by atoms with Crippen molar-refractivity contribution in [2.75, 3.05) is 0 Å². The van der Waals surface area contributed by atoms with Gasteiger partial charge in [-0.25, -0.2) is 0 Å². The summed E-state index contributed by atoms with van der Waals surface area (Å²) < 4.78 is 0. The zero-order valence-corrected chi connectivity index (χ0v) is 16.0. The molecule has 0 fully saturated rings. The van der Waals surface area contributed by atoms with Crippen molar-refractivity contribution in [3.8, 4) is 0 Å². The number of benzene rings is 1. The van der Waals surface area contributed by atoms with E-state index in [9.17, 15) is 4.79 Å². The van der Waals surface area contributed by atoms with Gasteiger partial charge in [0.25, 0.3) is 0 Å². The highest BCUT2D eigenvalue weighted by molar-refractivity contribution is 5.96. The molecule has 1 unspecified atom stereocenters. The van der Waals surface area contributed by atoms with Crippen LogP contribution in [0.4, 0.5) is 0 Å². The molecule has 0 saturated heterocycles. The van der Waals surface area contributed by atoms with Gasteiger partial charge in [0.1, 0.15) is 0 Å². The Hall–Kier alpha value is -2.15. The molecule has 26 heavy (non-hydrogen) atoms. The van der Waals surface area contributed by atoms with Crippen LogP contribution >= 0.6 is 0 Å². The number of hydrogen-bond donors (Lipinski definition) is 0. The van der Waals surface area contributed by atoms with E-state index in [1.54, 1.807) is 5.57 Å². The van der Waals surface area contributed by atoms with Gasteiger partial charge in [-0.15, -0.1) is 0 Å². The lowest BCUT2D eigenvalue weighted by Gasteiger charge is -2.32. The molecule has 0 N–H and O–H groups in total. The summed E-state index contributed by atoms with van der Waals surface area (Å²) in [6.45, 7) is 4.28. The number of carbonyl (C=O) groups is 1. The Labute approximate surface area is 157 Å². The molecular weight excluding hydrogens is 316 g/mol. The molecule has 0 spiro atoms. The number of Topliss-reactive ketones (excluding diaryl/α,β-unsaturated/α-hetero) is 1. The molecule has 0 amide bonds. The lowest BCUT2D eigenvalue weighted by atomic mass is 9.71. The smallest absolute Gasteiger partial charge is 0.158 e. The Morgan fingerprint density at radius 2 is 1.85 bits per heavy atom. The van der Waals surface area contributed by atoms with Gasteiger partial charge >= 0.3 is 0 Å². The fourth-order valence-electron chi connectivity index (χ4n) is 4.64. The molecule has 3 aliphatic rings. The Morgan fingerprint density at radius 3 is 2.58 bits per heavy atom. The highest BCUT2D eigenvalue weighted by atomic mass is 16.1. The number of carbonyl (C=O) groups excluding carboxylic acids is 1. The largest absolute Gasteiger partial charge is 0.295 e. The molecule has 0 aromatic heterocycles. The van der Waals surface area contributed by atoms with Crippen molar-refractivity contribution in [2.45, 2.75) is 64.7 Å². The molecule has 0 heterocycles. The first kappa shape index (κ1) is 17.3. The normalized spacial score (nSPS) is 21.6. The summed E-state index contributed by atoms with van der Waals surface area (Å²) in [6.07, 6.45) is 13.8. The molecule has 0 radical (unpaired) electrons. The summed E-state index contributed by atoms with van der Waals surface area (Å²) in [7, 11) is 0. The second-order valence-corrected chi connectivity index (χ2v) is 7.76. The Kier molecular flexibility index (Phi) is 4.80. The molecular formula is C25H28O. The quantitative estimate of drug-likeness (QED) is 0.606. The van der Waals surface area contributed by atoms with Gasteiger partial charge in [0.15, 0.2) is 5.78 Å². The maximum atomic E-state index is 12.7. The first-order chi connectivity index (χ1) is 12.7. The fourth-order valence-corrected chi connectivity index (χ4v) is 4.64. The van der Waals surface area contributed by atoms with Gasteiger partial charge in [-0.3, -0.25) is 4.79 Å². The van der Waals surface area contributed by atoms with E-state index in [1.165, 1.54) is 27.8 Å². The summed E-state index contributed by atoms with van der Waals surface area (Å²) in [5.41, 5.74) is 9.80. The molecule has 4 rings (SSSR count). The molecule has 1 nitrogen and oxygen atoms in total. The molecule has 3 aliphatic carbocycles. The van der Waals surface area contributed by atoms with E-state index >= 15 is 0 Å². The van der Waals surface area contributed by atoms with E-state index in [1.807, 2.05) is 0 Å². The first-order valence-electron chi connectivity index (χ1n) is 10.1. The first-order valence-corrected chi connectivity index (χ1v) is 10.1. The fraction of sp³-hybridized carbons (Fsp3) is 0.400. The van der Waals surface area contributed by atoms with Crippen LogP contribution in [0.25, 0.3) is 0 Å². The van der Waals surface area contributed by atoms with E-state index in [4.69, 9.17) is 0 Å². The van der Waals surface area contributed by atoms with Crippen LogP contribution in [-0.2, 0) is 11.2 Å². The van der Waals surface area contributed by atoms with Crippen LogP contribution in [0.3, 0.4) is 0 Å². The zero-order valence-electron chi connectivity index (χ0n) is 16.0. The average Bonchev–Trinajstić information content (AvgIpc) is 3.16. The topological polar surface area (TPSA) is 17.1 Å². The maximum absolute atomic E-state index is 12.7. The van der Waals surface area contributed by atoms with Crippen molar-refractivity contribution in [3.05, 3.63) is 81.5 Å². The molecule has 0 saturated carbocycles. The third-order valence-electron chi connectivity index (χ3n) is 6.09. The van der Waals surface area contributed by atoms with Crippen molar-refractivity contribution in [1.29, 1.82) is 0 Å². The van der Waals surface area contributed by atoms with Gasteiger partial charge in [-0.05, 0) is 66.4 Å². The predicted octanol–water partition coefficient (Wildman–Crippen LogP) is 6.38. The number of allylic oxidation sites excluding steroid dienone is 8. The molecule has 0 aliphatic heterocycles. The van der Waals surface area contributed by atoms with E-state index in [0.717, 1.165) is 44.1 Å². The number of rotatable bonds is 5. The van der Waals surface area contributed by atoms with Crippen molar-refractivity contribution in [3.63, 3.8) is 0 Å². The van der Waals surface area contributed by atoms with E-state index < -0.39 is 0 Å². The molecule has 0 bridgehead atoms. The molecule has 1 aromatic carbocycles. The van der Waals surface area contributed by atoms with Crippen LogP contribution in [0, 0.1) is 0 Å². The third-order valence-corrected chi connectivity index (χ3v) is 6.09. The Morgan fingerprint density at radius 1 is 1.08 bits per heavy atom. The van der Waals surface area contributed by atoms with Crippen molar-refractivity contribution in [2.24, 2.45) is 0 Å². The SMILES string of the molecule is CCCC(=O)C1=CC(c2ccc(CC)cc2)C2=C(CCC3=C2C=CC3)C1. The second-order valence-electron chi connectivity index (χ2n) is 7.76. The van der Waals surface area contributed by atoms with E-state index in [0.29, 0.717) is 12.2 Å². The van der Waals surface area contributed by atoms with Gasteiger partial charge in [-0.2, -0.15) is 0 Å². The molecule has 1 aromatic rings. The minimum absolute atomic E-state index is 0.230. The van der Waals surface area contributed by atoms with Gasteiger partial charge in [0.2, 0.25) is 0 Å². The van der Waals surface area contributed by atoms with Crippen molar-refractivity contribution < 1.29 is 4.79 Å². The summed E-state index contributed by atoms with van der Waals surface area (Å²) >= 11 is 0. The highest BCUT2D eigenvalue weighted by Gasteiger charge is 2.32. The van der Waals surface area contributed by atoms with Gasteiger partial charge in [0, 0.05) is 12.3 Å². The summed E-state index contributed by atoms with van der Waals surface area (Å²) in [5, 5.41) is 0. The highest BCUT2D eigenvalue weighted by Crippen LogP contribution is 2.48. The monoisotopic (exact) mass is 344 g/mol. The van der Waals surface area contributed by atoms with Crippen LogP contribution in [0.15, 0.2) is 70.4 Å². The van der Waals surface area contributed by atoms with Crippen LogP contribution in [0.1, 0.15) is 69.4 Å². The number of aryl methyl sites for hydroxylation is 1. The van der Waals surface area contributed by atoms with Crippen LogP contribution in [-0.4, -0.2) is 5.78 Å². The molecule has 1 atom stereocenters. The number of ketones is 1. The lowest BCUT2D eigenvalue weighted by molar-refractivity contribution is -0.115. The van der Waals surface area contributed by atoms with Crippen LogP contribution in [0.2, 0.25) is 0 Å². The van der Waals surface area contributed by atoms with Crippen molar-refractivity contribution >= 4 is 5.78 Å². The van der Waals surface area contributed by atoms with Crippen molar-refractivity contribution in [1.82, 2.24) is 0 Å². The van der Waals surface area contributed by atoms with E-state index in [2.05, 4.69) is 56.3 Å². The summed E-state index contributed by atoms with van der Waals surface area (Å²) in [6, 6.07) is 9.03. The minimum atomic E-state index is 0.230. The predicted molar refractivity (Wildman–Crippen MR) is 108 cm³/mol. The summed E-state index contributed by atoms with van der Waals surface area (Å²) in [4.78, 5) is 12.7. The Bertz CT molecular complexity index is 843. The van der Waals surface area contributed by atoms with Gasteiger partial charge in [0.05, 0.1) is 0 Å². The average molecular weight is 344 g/mol. The van der Waals surface area contributed by atoms with Gasteiger partial charge in [-0.1, -0.05) is 67.5 Å². The summed E-state index contributed by atoms with van der Waals surface area (Å²) in [5.74, 6) is 0.574. The van der Waals surface area contributed by atoms with Gasteiger partial charge < -0.3 is 0 Å². The minimum Gasteiger partial charge on any atom is -0.295 e. The number of fused-ring (bicyclic) bond motifs is 1. The molecule has 134 valence electrons. The van der Waals surface area contributed by atoms with Crippen LogP contribution < -0.4 is 0 Å². The van der Waals surface area contributed by atoms with E-state index in [-0.39, 0.29) is 5.92 Å². The second kappa shape index (κ2) is 7.23. The molecule has 1 heteroatoms. The Balaban J connectivity index is 1.78. The zero-order chi connectivity index (χ0) is 18.1. The van der Waals surface area contributed by atoms with Crippen LogP contribution in [0.5, 0.6) is 0 Å². The standard InChI is InChI=1S/C25H28O/c1-3-6-24(26)21-15-20-14-13-18-7-5-8-22(18)25(20)23(16-21)19-11-9-17(4-2)10-12-19/h5,8-12,16,23H,3-4,6-7,13-15H2,1-2H3. The third kappa shape index (κ3) is 3.05. The maximum Gasteiger partial charge on any atom is 0.158 e. The number of hydrogen-bond acceptors (Lipinski definition) is 1. The lowest BCUT2D eigenvalue weighted by Crippen LogP contribution is -2.18.